The Kier molecular flexibility index (Phi) is 4.52. The van der Waals surface area contributed by atoms with Gasteiger partial charge in [-0.25, -0.2) is 0 Å². The summed E-state index contributed by atoms with van der Waals surface area (Å²) in [7, 11) is 0. The molecule has 2 aromatic rings. The lowest BCUT2D eigenvalue weighted by Crippen LogP contribution is -2.29. The van der Waals surface area contributed by atoms with Crippen molar-refractivity contribution in [2.45, 2.75) is 25.8 Å². The van der Waals surface area contributed by atoms with Gasteiger partial charge in [-0.2, -0.15) is 5.11 Å². The van der Waals surface area contributed by atoms with Crippen molar-refractivity contribution in [1.82, 2.24) is 14.9 Å². The molecule has 1 atom stereocenters. The number of fused-ring (bicyclic) bond motifs is 1. The molecule has 0 bridgehead atoms. The first-order valence-electron chi connectivity index (χ1n) is 7.34. The Morgan fingerprint density at radius 3 is 3.00 bits per heavy atom. The van der Waals surface area contributed by atoms with Gasteiger partial charge in [-0.3, -0.25) is 9.59 Å². The summed E-state index contributed by atoms with van der Waals surface area (Å²) in [5, 5.41) is 14.5. The Morgan fingerprint density at radius 1 is 1.35 bits per heavy atom. The van der Waals surface area contributed by atoms with Gasteiger partial charge in [0, 0.05) is 12.1 Å². The van der Waals surface area contributed by atoms with Gasteiger partial charge in [0.15, 0.2) is 0 Å². The average Bonchev–Trinajstić information content (AvgIpc) is 3.03. The van der Waals surface area contributed by atoms with Gasteiger partial charge in [-0.05, 0) is 29.6 Å². The van der Waals surface area contributed by atoms with E-state index in [2.05, 4.69) is 25.1 Å². The summed E-state index contributed by atoms with van der Waals surface area (Å²) in [5.41, 5.74) is 2.03. The summed E-state index contributed by atoms with van der Waals surface area (Å²) in [5.74, 6) is -0.562. The highest BCUT2D eigenvalue weighted by molar-refractivity contribution is 7.08. The van der Waals surface area contributed by atoms with Gasteiger partial charge in [-0.15, -0.1) is 10.2 Å². The first-order valence-corrected chi connectivity index (χ1v) is 8.11. The first-order chi connectivity index (χ1) is 11.2. The molecule has 118 valence electrons. The number of rotatable bonds is 5. The van der Waals surface area contributed by atoms with E-state index in [9.17, 15) is 9.59 Å². The van der Waals surface area contributed by atoms with Crippen LogP contribution in [0.25, 0.3) is 0 Å². The predicted molar refractivity (Wildman–Crippen MR) is 84.6 cm³/mol. The largest absolute Gasteiger partial charge is 0.349 e. The summed E-state index contributed by atoms with van der Waals surface area (Å²) in [6, 6.07) is 6.82. The van der Waals surface area contributed by atoms with Crippen LogP contribution in [0.4, 0.5) is 0 Å². The van der Waals surface area contributed by atoms with E-state index in [1.165, 1.54) is 0 Å². The molecule has 0 spiro atoms. The fraction of sp³-hybridized carbons (Fsp3) is 0.333. The summed E-state index contributed by atoms with van der Waals surface area (Å²) in [6.45, 7) is 2.30. The number of amides is 2. The average molecular weight is 329 g/mol. The zero-order valence-corrected chi connectivity index (χ0v) is 13.3. The van der Waals surface area contributed by atoms with Crippen LogP contribution in [-0.2, 0) is 6.42 Å². The molecule has 0 saturated heterocycles. The predicted octanol–water partition coefficient (Wildman–Crippen LogP) is 2.57. The molecule has 1 aromatic heterocycles. The molecule has 0 fully saturated rings. The Balaban J connectivity index is 1.71. The molecule has 1 unspecified atom stereocenters. The molecular formula is C15H15N5O2S. The number of hydrogen-bond acceptors (Lipinski definition) is 6. The van der Waals surface area contributed by atoms with Crippen LogP contribution in [0.1, 0.15) is 50.7 Å². The van der Waals surface area contributed by atoms with E-state index in [1.54, 1.807) is 12.1 Å². The summed E-state index contributed by atoms with van der Waals surface area (Å²) < 4.78 is 3.85. The molecule has 0 aliphatic carbocycles. The van der Waals surface area contributed by atoms with Gasteiger partial charge in [0.05, 0.1) is 5.69 Å². The molecule has 1 N–H and O–H groups in total. The minimum absolute atomic E-state index is 0.215. The van der Waals surface area contributed by atoms with Crippen LogP contribution < -0.4 is 5.32 Å². The second kappa shape index (κ2) is 6.74. The molecule has 7 nitrogen and oxygen atoms in total. The van der Waals surface area contributed by atoms with E-state index in [4.69, 9.17) is 0 Å². The Hall–Kier alpha value is -2.48. The topological polar surface area (TPSA) is 96.7 Å². The van der Waals surface area contributed by atoms with Gasteiger partial charge >= 0.3 is 0 Å². The molecule has 2 amide bonds. The highest BCUT2D eigenvalue weighted by Crippen LogP contribution is 2.26. The number of carbonyl (C=O) groups is 2. The summed E-state index contributed by atoms with van der Waals surface area (Å²) >= 11 is 1.09. The Bertz CT molecular complexity index is 771. The molecule has 2 heterocycles. The third kappa shape index (κ3) is 3.16. The van der Waals surface area contributed by atoms with Crippen LogP contribution in [0, 0.1) is 0 Å². The number of benzene rings is 1. The second-order valence-corrected chi connectivity index (χ2v) is 5.89. The molecule has 3 rings (SSSR count). The highest BCUT2D eigenvalue weighted by atomic mass is 32.1. The van der Waals surface area contributed by atoms with Gasteiger partial charge in [0.25, 0.3) is 11.8 Å². The molecule has 0 saturated carbocycles. The SMILES string of the molecule is CCCc1nnsc1C(=O)NCC1N=NC(=O)c2ccccc21. The molecule has 1 aliphatic rings. The minimum Gasteiger partial charge on any atom is -0.349 e. The molecule has 1 aliphatic heterocycles. The summed E-state index contributed by atoms with van der Waals surface area (Å²) in [6.07, 6.45) is 1.62. The Morgan fingerprint density at radius 2 is 2.17 bits per heavy atom. The lowest BCUT2D eigenvalue weighted by molar-refractivity contribution is 0.0953. The highest BCUT2D eigenvalue weighted by Gasteiger charge is 2.24. The fourth-order valence-corrected chi connectivity index (χ4v) is 3.05. The molecular weight excluding hydrogens is 314 g/mol. The molecule has 1 aromatic carbocycles. The van der Waals surface area contributed by atoms with E-state index in [0.717, 1.165) is 35.6 Å². The van der Waals surface area contributed by atoms with Crippen LogP contribution in [0.15, 0.2) is 34.5 Å². The van der Waals surface area contributed by atoms with Crippen molar-refractivity contribution in [2.75, 3.05) is 6.54 Å². The maximum absolute atomic E-state index is 12.3. The van der Waals surface area contributed by atoms with Crippen LogP contribution in [0.2, 0.25) is 0 Å². The normalized spacial score (nSPS) is 16.2. The number of hydrogen-bond donors (Lipinski definition) is 1. The van der Waals surface area contributed by atoms with E-state index >= 15 is 0 Å². The smallest absolute Gasteiger partial charge is 0.295 e. The minimum atomic E-state index is -0.358. The van der Waals surface area contributed by atoms with Gasteiger partial charge in [-0.1, -0.05) is 36.0 Å². The van der Waals surface area contributed by atoms with Crippen molar-refractivity contribution in [2.24, 2.45) is 10.2 Å². The number of azo groups is 1. The number of aromatic nitrogens is 2. The van der Waals surface area contributed by atoms with Gasteiger partial charge in [0.1, 0.15) is 10.9 Å². The second-order valence-electron chi connectivity index (χ2n) is 5.13. The summed E-state index contributed by atoms with van der Waals surface area (Å²) in [4.78, 5) is 24.5. The number of carbonyl (C=O) groups excluding carboxylic acids is 2. The zero-order valence-electron chi connectivity index (χ0n) is 12.5. The van der Waals surface area contributed by atoms with Crippen molar-refractivity contribution in [1.29, 1.82) is 0 Å². The maximum Gasteiger partial charge on any atom is 0.295 e. The van der Waals surface area contributed by atoms with Crippen molar-refractivity contribution in [3.8, 4) is 0 Å². The van der Waals surface area contributed by atoms with Crippen LogP contribution in [-0.4, -0.2) is 27.9 Å². The van der Waals surface area contributed by atoms with Gasteiger partial charge in [0.2, 0.25) is 0 Å². The standard InChI is InChI=1S/C15H15N5O2S/c1-2-5-11-13(23-20-18-11)15(22)16-8-12-9-6-3-4-7-10(9)14(21)19-17-12/h3-4,6-7,12H,2,5,8H2,1H3,(H,16,22). The number of nitrogens with one attached hydrogen (secondary N) is 1. The van der Waals surface area contributed by atoms with E-state index in [1.807, 2.05) is 19.1 Å². The lowest BCUT2D eigenvalue weighted by atomic mass is 9.99. The fourth-order valence-electron chi connectivity index (χ4n) is 2.42. The van der Waals surface area contributed by atoms with Crippen LogP contribution >= 0.6 is 11.5 Å². The van der Waals surface area contributed by atoms with E-state index in [-0.39, 0.29) is 24.4 Å². The van der Waals surface area contributed by atoms with Gasteiger partial charge < -0.3 is 5.32 Å². The van der Waals surface area contributed by atoms with Crippen molar-refractivity contribution in [3.05, 3.63) is 46.0 Å². The molecule has 8 heteroatoms. The van der Waals surface area contributed by atoms with Crippen molar-refractivity contribution in [3.63, 3.8) is 0 Å². The van der Waals surface area contributed by atoms with E-state index in [0.29, 0.717) is 10.4 Å². The van der Waals surface area contributed by atoms with Crippen LogP contribution in [0.3, 0.4) is 0 Å². The van der Waals surface area contributed by atoms with Crippen molar-refractivity contribution < 1.29 is 9.59 Å². The maximum atomic E-state index is 12.3. The zero-order chi connectivity index (χ0) is 16.2. The van der Waals surface area contributed by atoms with E-state index < -0.39 is 0 Å². The third-order valence-electron chi connectivity index (χ3n) is 3.54. The van der Waals surface area contributed by atoms with Crippen molar-refractivity contribution >= 4 is 23.3 Å². The number of aryl methyl sites for hydroxylation is 1. The molecule has 0 radical (unpaired) electrons. The third-order valence-corrected chi connectivity index (χ3v) is 4.31. The lowest BCUT2D eigenvalue weighted by Gasteiger charge is -2.18. The monoisotopic (exact) mass is 329 g/mol. The molecule has 23 heavy (non-hydrogen) atoms. The first kappa shape index (κ1) is 15.4. The number of nitrogens with zero attached hydrogens (tertiary/aromatic N) is 4. The van der Waals surface area contributed by atoms with Crippen LogP contribution in [0.5, 0.6) is 0 Å². The Labute approximate surface area is 137 Å². The quantitative estimate of drug-likeness (QED) is 0.911.